The number of carbonyl (C=O) groups is 1. The lowest BCUT2D eigenvalue weighted by Gasteiger charge is -2.16. The highest BCUT2D eigenvalue weighted by Crippen LogP contribution is 2.33. The highest BCUT2D eigenvalue weighted by molar-refractivity contribution is 5.78. The average Bonchev–Trinajstić information content (AvgIpc) is 3.26. The quantitative estimate of drug-likeness (QED) is 0.754. The van der Waals surface area contributed by atoms with E-state index in [1.54, 1.807) is 0 Å². The maximum absolute atomic E-state index is 11.8. The lowest BCUT2D eigenvalue weighted by molar-refractivity contribution is -0.120. The molecule has 1 aliphatic carbocycles. The Hall–Kier alpha value is -1.35. The first kappa shape index (κ1) is 14.1. The summed E-state index contributed by atoms with van der Waals surface area (Å²) in [4.78, 5) is 11.8. The van der Waals surface area contributed by atoms with Crippen LogP contribution in [0.1, 0.15) is 38.2 Å². The van der Waals surface area contributed by atoms with Crippen molar-refractivity contribution in [1.29, 1.82) is 0 Å². The van der Waals surface area contributed by atoms with E-state index in [-0.39, 0.29) is 5.91 Å². The molecule has 1 unspecified atom stereocenters. The second-order valence-electron chi connectivity index (χ2n) is 5.43. The molecule has 0 spiro atoms. The molecule has 0 bridgehead atoms. The molecule has 3 heteroatoms. The zero-order valence-electron chi connectivity index (χ0n) is 11.7. The molecule has 2 rings (SSSR count). The van der Waals surface area contributed by atoms with Crippen molar-refractivity contribution in [1.82, 2.24) is 10.6 Å². The van der Waals surface area contributed by atoms with Gasteiger partial charge in [-0.3, -0.25) is 4.79 Å². The minimum Gasteiger partial charge on any atom is -0.351 e. The van der Waals surface area contributed by atoms with Gasteiger partial charge in [-0.1, -0.05) is 50.1 Å². The van der Waals surface area contributed by atoms with E-state index in [2.05, 4.69) is 17.6 Å². The Labute approximate surface area is 115 Å². The van der Waals surface area contributed by atoms with Gasteiger partial charge in [-0.05, 0) is 24.3 Å². The SMILES string of the molecule is CCC(CC1CC1)NCC(=O)NCc1ccccc1. The summed E-state index contributed by atoms with van der Waals surface area (Å²) >= 11 is 0. The fourth-order valence-corrected chi connectivity index (χ4v) is 2.25. The zero-order valence-corrected chi connectivity index (χ0v) is 11.7. The van der Waals surface area contributed by atoms with Crippen LogP contribution in [0.5, 0.6) is 0 Å². The van der Waals surface area contributed by atoms with Crippen molar-refractivity contribution in [2.24, 2.45) is 5.92 Å². The fourth-order valence-electron chi connectivity index (χ4n) is 2.25. The van der Waals surface area contributed by atoms with Crippen LogP contribution in [0.15, 0.2) is 30.3 Å². The Kier molecular flexibility index (Phi) is 5.40. The lowest BCUT2D eigenvalue weighted by atomic mass is 10.1. The maximum atomic E-state index is 11.8. The van der Waals surface area contributed by atoms with E-state index < -0.39 is 0 Å². The van der Waals surface area contributed by atoms with Crippen LogP contribution < -0.4 is 10.6 Å². The summed E-state index contributed by atoms with van der Waals surface area (Å²) in [5.74, 6) is 0.989. The van der Waals surface area contributed by atoms with Crippen molar-refractivity contribution in [3.05, 3.63) is 35.9 Å². The summed E-state index contributed by atoms with van der Waals surface area (Å²) in [7, 11) is 0. The summed E-state index contributed by atoms with van der Waals surface area (Å²) in [5.41, 5.74) is 1.14. The normalized spacial score (nSPS) is 16.1. The Morgan fingerprint density at radius 3 is 2.68 bits per heavy atom. The topological polar surface area (TPSA) is 41.1 Å². The number of amides is 1. The van der Waals surface area contributed by atoms with Gasteiger partial charge in [-0.2, -0.15) is 0 Å². The Morgan fingerprint density at radius 2 is 2.05 bits per heavy atom. The van der Waals surface area contributed by atoms with Crippen LogP contribution in [0.4, 0.5) is 0 Å². The molecule has 2 N–H and O–H groups in total. The number of hydrogen-bond acceptors (Lipinski definition) is 2. The molecule has 19 heavy (non-hydrogen) atoms. The van der Waals surface area contributed by atoms with E-state index in [4.69, 9.17) is 0 Å². The van der Waals surface area contributed by atoms with Crippen molar-refractivity contribution < 1.29 is 4.79 Å². The minimum absolute atomic E-state index is 0.0816. The van der Waals surface area contributed by atoms with Crippen LogP contribution in [-0.2, 0) is 11.3 Å². The van der Waals surface area contributed by atoms with E-state index in [9.17, 15) is 4.79 Å². The van der Waals surface area contributed by atoms with Gasteiger partial charge in [0.15, 0.2) is 0 Å². The second-order valence-corrected chi connectivity index (χ2v) is 5.43. The van der Waals surface area contributed by atoms with Crippen molar-refractivity contribution >= 4 is 5.91 Å². The molecule has 0 aliphatic heterocycles. The molecular weight excluding hydrogens is 236 g/mol. The minimum atomic E-state index is 0.0816. The van der Waals surface area contributed by atoms with Gasteiger partial charge in [-0.15, -0.1) is 0 Å². The third-order valence-electron chi connectivity index (χ3n) is 3.69. The van der Waals surface area contributed by atoms with E-state index in [0.29, 0.717) is 19.1 Å². The van der Waals surface area contributed by atoms with Crippen LogP contribution in [0.3, 0.4) is 0 Å². The van der Waals surface area contributed by atoms with Gasteiger partial charge < -0.3 is 10.6 Å². The van der Waals surface area contributed by atoms with Gasteiger partial charge in [0, 0.05) is 12.6 Å². The first-order valence-electron chi connectivity index (χ1n) is 7.32. The third-order valence-corrected chi connectivity index (χ3v) is 3.69. The zero-order chi connectivity index (χ0) is 13.5. The highest BCUT2D eigenvalue weighted by Gasteiger charge is 2.24. The molecule has 1 atom stereocenters. The molecule has 0 saturated heterocycles. The van der Waals surface area contributed by atoms with Gasteiger partial charge in [0.1, 0.15) is 0 Å². The Balaban J connectivity index is 1.63. The largest absolute Gasteiger partial charge is 0.351 e. The first-order chi connectivity index (χ1) is 9.28. The first-order valence-corrected chi connectivity index (χ1v) is 7.32. The average molecular weight is 260 g/mol. The van der Waals surface area contributed by atoms with Gasteiger partial charge in [-0.25, -0.2) is 0 Å². The van der Waals surface area contributed by atoms with Crippen LogP contribution in [0, 0.1) is 5.92 Å². The molecule has 0 aromatic heterocycles. The van der Waals surface area contributed by atoms with Crippen LogP contribution in [0.25, 0.3) is 0 Å². The second kappa shape index (κ2) is 7.29. The predicted molar refractivity (Wildman–Crippen MR) is 77.7 cm³/mol. The van der Waals surface area contributed by atoms with Crippen molar-refractivity contribution in [2.75, 3.05) is 6.54 Å². The number of benzene rings is 1. The van der Waals surface area contributed by atoms with Crippen LogP contribution in [-0.4, -0.2) is 18.5 Å². The molecular formula is C16H24N2O. The summed E-state index contributed by atoms with van der Waals surface area (Å²) in [6.07, 6.45) is 5.07. The summed E-state index contributed by atoms with van der Waals surface area (Å²) in [6.45, 7) is 3.22. The number of carbonyl (C=O) groups excluding carboxylic acids is 1. The monoisotopic (exact) mass is 260 g/mol. The van der Waals surface area contributed by atoms with Gasteiger partial charge >= 0.3 is 0 Å². The van der Waals surface area contributed by atoms with Crippen LogP contribution >= 0.6 is 0 Å². The predicted octanol–water partition coefficient (Wildman–Crippen LogP) is 2.47. The summed E-state index contributed by atoms with van der Waals surface area (Å²) in [6, 6.07) is 10.5. The standard InChI is InChI=1S/C16H24N2O/c1-2-15(10-13-8-9-13)17-12-16(19)18-11-14-6-4-3-5-7-14/h3-7,13,15,17H,2,8-12H2,1H3,(H,18,19). The molecule has 1 saturated carbocycles. The molecule has 104 valence electrons. The molecule has 0 radical (unpaired) electrons. The third kappa shape index (κ3) is 5.43. The maximum Gasteiger partial charge on any atom is 0.234 e. The Morgan fingerprint density at radius 1 is 1.32 bits per heavy atom. The fraction of sp³-hybridized carbons (Fsp3) is 0.562. The van der Waals surface area contributed by atoms with Crippen molar-refractivity contribution in [2.45, 2.75) is 45.2 Å². The molecule has 1 aromatic carbocycles. The Bertz CT molecular complexity index is 387. The molecule has 1 aromatic rings. The van der Waals surface area contributed by atoms with Gasteiger partial charge in [0.05, 0.1) is 6.54 Å². The van der Waals surface area contributed by atoms with Gasteiger partial charge in [0.2, 0.25) is 5.91 Å². The van der Waals surface area contributed by atoms with Gasteiger partial charge in [0.25, 0.3) is 0 Å². The van der Waals surface area contributed by atoms with E-state index in [0.717, 1.165) is 17.9 Å². The number of rotatable bonds is 8. The number of hydrogen-bond donors (Lipinski definition) is 2. The number of nitrogens with one attached hydrogen (secondary N) is 2. The van der Waals surface area contributed by atoms with Crippen LogP contribution in [0.2, 0.25) is 0 Å². The molecule has 1 aliphatic rings. The highest BCUT2D eigenvalue weighted by atomic mass is 16.1. The van der Waals surface area contributed by atoms with E-state index in [1.165, 1.54) is 19.3 Å². The van der Waals surface area contributed by atoms with E-state index >= 15 is 0 Å². The molecule has 1 amide bonds. The van der Waals surface area contributed by atoms with Crippen molar-refractivity contribution in [3.63, 3.8) is 0 Å². The smallest absolute Gasteiger partial charge is 0.234 e. The molecule has 0 heterocycles. The molecule has 1 fully saturated rings. The lowest BCUT2D eigenvalue weighted by Crippen LogP contribution is -2.39. The summed E-state index contributed by atoms with van der Waals surface area (Å²) in [5, 5.41) is 6.31. The molecule has 3 nitrogen and oxygen atoms in total. The summed E-state index contributed by atoms with van der Waals surface area (Å²) < 4.78 is 0. The van der Waals surface area contributed by atoms with E-state index in [1.807, 2.05) is 30.3 Å². The van der Waals surface area contributed by atoms with Crippen molar-refractivity contribution in [3.8, 4) is 0 Å².